The topological polar surface area (TPSA) is 17.1 Å². The largest absolute Gasteiger partial charge is 0.299 e. The number of carbonyl (C=O) groups is 1. The molecule has 0 saturated carbocycles. The van der Waals surface area contributed by atoms with Gasteiger partial charge in [-0.25, -0.2) is 8.78 Å². The first kappa shape index (κ1) is 12.8. The lowest BCUT2D eigenvalue weighted by atomic mass is 9.96. The summed E-state index contributed by atoms with van der Waals surface area (Å²) in [5.74, 6) is -1.28. The Morgan fingerprint density at radius 3 is 2.31 bits per heavy atom. The summed E-state index contributed by atoms with van der Waals surface area (Å²) < 4.78 is 25.8. The lowest BCUT2D eigenvalue weighted by Crippen LogP contribution is -2.13. The summed E-state index contributed by atoms with van der Waals surface area (Å²) in [6, 6.07) is 3.22. The average molecular weight is 226 g/mol. The number of carbonyl (C=O) groups excluding carboxylic acids is 1. The highest BCUT2D eigenvalue weighted by molar-refractivity contribution is 5.82. The van der Waals surface area contributed by atoms with Gasteiger partial charge in [0.05, 0.1) is 0 Å². The lowest BCUT2D eigenvalue weighted by Gasteiger charge is -2.08. The van der Waals surface area contributed by atoms with Crippen molar-refractivity contribution in [2.75, 3.05) is 0 Å². The van der Waals surface area contributed by atoms with Gasteiger partial charge < -0.3 is 0 Å². The summed E-state index contributed by atoms with van der Waals surface area (Å²) in [7, 11) is 0. The molecule has 1 nitrogen and oxygen atoms in total. The predicted molar refractivity (Wildman–Crippen MR) is 59.1 cm³/mol. The molecule has 88 valence electrons. The predicted octanol–water partition coefficient (Wildman–Crippen LogP) is 3.51. The van der Waals surface area contributed by atoms with Crippen molar-refractivity contribution in [1.29, 1.82) is 0 Å². The molecule has 0 amide bonds. The molecule has 0 aliphatic carbocycles. The molecule has 0 spiro atoms. The van der Waals surface area contributed by atoms with Crippen molar-refractivity contribution in [2.24, 2.45) is 5.92 Å². The van der Waals surface area contributed by atoms with Crippen LogP contribution < -0.4 is 0 Å². The van der Waals surface area contributed by atoms with Crippen molar-refractivity contribution >= 4 is 5.78 Å². The quantitative estimate of drug-likeness (QED) is 0.750. The molecule has 1 aromatic carbocycles. The maximum absolute atomic E-state index is 12.9. The van der Waals surface area contributed by atoms with Crippen LogP contribution in [0, 0.1) is 17.6 Å². The number of halogens is 2. The van der Waals surface area contributed by atoms with E-state index in [9.17, 15) is 13.6 Å². The average Bonchev–Trinajstić information content (AvgIpc) is 2.16. The Balaban J connectivity index is 2.69. The van der Waals surface area contributed by atoms with Gasteiger partial charge in [0.15, 0.2) is 0 Å². The molecule has 0 N–H and O–H groups in total. The molecule has 0 aromatic heterocycles. The minimum atomic E-state index is -0.633. The van der Waals surface area contributed by atoms with Gasteiger partial charge in [-0.15, -0.1) is 0 Å². The Labute approximate surface area is 94.5 Å². The zero-order valence-corrected chi connectivity index (χ0v) is 9.59. The van der Waals surface area contributed by atoms with Gasteiger partial charge in [-0.3, -0.25) is 4.79 Å². The van der Waals surface area contributed by atoms with Crippen molar-refractivity contribution in [1.82, 2.24) is 0 Å². The van der Waals surface area contributed by atoms with Crippen molar-refractivity contribution in [3.8, 4) is 0 Å². The zero-order chi connectivity index (χ0) is 12.1. The number of Topliss-reactive ketones (excluding diaryl/α,β-unsaturated/α-hetero) is 1. The van der Waals surface area contributed by atoms with Crippen molar-refractivity contribution in [2.45, 2.75) is 33.1 Å². The normalized spacial score (nSPS) is 12.5. The van der Waals surface area contributed by atoms with Crippen LogP contribution in [0.5, 0.6) is 0 Å². The third-order valence-corrected chi connectivity index (χ3v) is 2.57. The molecule has 1 atom stereocenters. The fraction of sp³-hybridized carbons (Fsp3) is 0.462. The van der Waals surface area contributed by atoms with Crippen molar-refractivity contribution in [3.63, 3.8) is 0 Å². The van der Waals surface area contributed by atoms with Crippen LogP contribution in [-0.2, 0) is 11.2 Å². The van der Waals surface area contributed by atoms with Gasteiger partial charge in [-0.2, -0.15) is 0 Å². The molecule has 0 heterocycles. The van der Waals surface area contributed by atoms with Crippen LogP contribution in [0.4, 0.5) is 8.78 Å². The second-order valence-electron chi connectivity index (χ2n) is 4.11. The molecule has 1 unspecified atom stereocenters. The van der Waals surface area contributed by atoms with E-state index in [-0.39, 0.29) is 18.1 Å². The lowest BCUT2D eigenvalue weighted by molar-refractivity contribution is -0.121. The minimum absolute atomic E-state index is 0.0341. The molecule has 3 heteroatoms. The highest BCUT2D eigenvalue weighted by atomic mass is 19.1. The van der Waals surface area contributed by atoms with Crippen LogP contribution in [0.1, 0.15) is 32.3 Å². The fourth-order valence-electron chi connectivity index (χ4n) is 1.68. The number of hydrogen-bond acceptors (Lipinski definition) is 1. The molecule has 0 bridgehead atoms. The molecule has 1 rings (SSSR count). The van der Waals surface area contributed by atoms with Gasteiger partial charge in [-0.1, -0.05) is 20.3 Å². The van der Waals surface area contributed by atoms with E-state index in [1.165, 1.54) is 12.1 Å². The van der Waals surface area contributed by atoms with Gasteiger partial charge in [0.25, 0.3) is 0 Å². The Morgan fingerprint density at radius 1 is 1.25 bits per heavy atom. The monoisotopic (exact) mass is 226 g/mol. The van der Waals surface area contributed by atoms with E-state index in [4.69, 9.17) is 0 Å². The summed E-state index contributed by atoms with van der Waals surface area (Å²) >= 11 is 0. The van der Waals surface area contributed by atoms with Crippen LogP contribution in [0.15, 0.2) is 18.2 Å². The first-order chi connectivity index (χ1) is 7.52. The molecular formula is C13H16F2O. The maximum Gasteiger partial charge on any atom is 0.140 e. The summed E-state index contributed by atoms with van der Waals surface area (Å²) in [5.41, 5.74) is 0.408. The summed E-state index contributed by atoms with van der Waals surface area (Å²) in [5, 5.41) is 0. The van der Waals surface area contributed by atoms with Gasteiger partial charge in [-0.05, 0) is 24.1 Å². The number of ketones is 1. The third-order valence-electron chi connectivity index (χ3n) is 2.57. The van der Waals surface area contributed by atoms with E-state index in [1.54, 1.807) is 0 Å². The molecule has 1 aromatic rings. The molecule has 0 fully saturated rings. The second kappa shape index (κ2) is 5.73. The maximum atomic E-state index is 12.9. The standard InChI is InChI=1S/C13H16F2O/c1-3-4-9(2)13(16)7-10-5-11(14)8-12(15)6-10/h5-6,8-9H,3-4,7H2,1-2H3. The first-order valence-electron chi connectivity index (χ1n) is 5.50. The SMILES string of the molecule is CCCC(C)C(=O)Cc1cc(F)cc(F)c1. The van der Waals surface area contributed by atoms with Crippen molar-refractivity contribution in [3.05, 3.63) is 35.4 Å². The van der Waals surface area contributed by atoms with Crippen LogP contribution in [0.3, 0.4) is 0 Å². The van der Waals surface area contributed by atoms with Crippen molar-refractivity contribution < 1.29 is 13.6 Å². The van der Waals surface area contributed by atoms with Crippen LogP contribution in [0.2, 0.25) is 0 Å². The highest BCUT2D eigenvalue weighted by Gasteiger charge is 2.13. The highest BCUT2D eigenvalue weighted by Crippen LogP contribution is 2.13. The van der Waals surface area contributed by atoms with E-state index in [1.807, 2.05) is 13.8 Å². The van der Waals surface area contributed by atoms with E-state index < -0.39 is 11.6 Å². The minimum Gasteiger partial charge on any atom is -0.299 e. The van der Waals surface area contributed by atoms with E-state index in [0.29, 0.717) is 5.56 Å². The Morgan fingerprint density at radius 2 is 1.81 bits per heavy atom. The van der Waals surface area contributed by atoms with E-state index in [2.05, 4.69) is 0 Å². The molecule has 16 heavy (non-hydrogen) atoms. The molecule has 0 aliphatic heterocycles. The van der Waals surface area contributed by atoms with Crippen LogP contribution >= 0.6 is 0 Å². The fourth-order valence-corrected chi connectivity index (χ4v) is 1.68. The molecular weight excluding hydrogens is 210 g/mol. The third kappa shape index (κ3) is 3.72. The Kier molecular flexibility index (Phi) is 4.59. The van der Waals surface area contributed by atoms with Crippen LogP contribution in [-0.4, -0.2) is 5.78 Å². The first-order valence-corrected chi connectivity index (χ1v) is 5.50. The Bertz CT molecular complexity index is 354. The number of hydrogen-bond donors (Lipinski definition) is 0. The number of rotatable bonds is 5. The van der Waals surface area contributed by atoms with Gasteiger partial charge in [0.1, 0.15) is 17.4 Å². The summed E-state index contributed by atoms with van der Waals surface area (Å²) in [6.45, 7) is 3.85. The van der Waals surface area contributed by atoms with E-state index in [0.717, 1.165) is 18.9 Å². The zero-order valence-electron chi connectivity index (χ0n) is 9.59. The van der Waals surface area contributed by atoms with Gasteiger partial charge in [0, 0.05) is 18.4 Å². The second-order valence-corrected chi connectivity index (χ2v) is 4.11. The molecule has 0 saturated heterocycles. The summed E-state index contributed by atoms with van der Waals surface area (Å²) in [4.78, 5) is 11.7. The van der Waals surface area contributed by atoms with Gasteiger partial charge >= 0.3 is 0 Å². The smallest absolute Gasteiger partial charge is 0.140 e. The Hall–Kier alpha value is -1.25. The number of benzene rings is 1. The van der Waals surface area contributed by atoms with E-state index >= 15 is 0 Å². The molecule has 0 radical (unpaired) electrons. The molecule has 0 aliphatic rings. The summed E-state index contributed by atoms with van der Waals surface area (Å²) in [6.07, 6.45) is 1.86. The van der Waals surface area contributed by atoms with Crippen LogP contribution in [0.25, 0.3) is 0 Å². The van der Waals surface area contributed by atoms with Gasteiger partial charge in [0.2, 0.25) is 0 Å².